The van der Waals surface area contributed by atoms with Gasteiger partial charge in [0.05, 0.1) is 18.1 Å². The van der Waals surface area contributed by atoms with Gasteiger partial charge in [0.2, 0.25) is 11.7 Å². The van der Waals surface area contributed by atoms with Gasteiger partial charge in [-0.3, -0.25) is 4.99 Å². The van der Waals surface area contributed by atoms with Gasteiger partial charge in [-0.2, -0.15) is 5.10 Å². The fraction of sp³-hybridized carbons (Fsp3) is 0.412. The fourth-order valence-corrected chi connectivity index (χ4v) is 2.69. The van der Waals surface area contributed by atoms with Crippen LogP contribution in [0.1, 0.15) is 32.1 Å². The molecule has 0 bridgehead atoms. The van der Waals surface area contributed by atoms with Crippen molar-refractivity contribution in [1.82, 2.24) is 25.0 Å². The van der Waals surface area contributed by atoms with Crippen LogP contribution in [0.4, 0.5) is 0 Å². The van der Waals surface area contributed by atoms with E-state index in [0.717, 1.165) is 11.1 Å². The van der Waals surface area contributed by atoms with Crippen molar-refractivity contribution in [3.8, 4) is 17.4 Å². The zero-order chi connectivity index (χ0) is 19.6. The molecule has 0 saturated carbocycles. The average molecular weight is 370 g/mol. The maximum atomic E-state index is 5.92. The average Bonchev–Trinajstić information content (AvgIpc) is 3.21. The molecule has 0 aliphatic rings. The zero-order valence-electron chi connectivity index (χ0n) is 16.0. The Morgan fingerprint density at radius 3 is 2.78 bits per heavy atom. The monoisotopic (exact) mass is 370 g/mol. The molecule has 3 heterocycles. The molecule has 0 atom stereocenters. The summed E-state index contributed by atoms with van der Waals surface area (Å²) in [5.74, 6) is 2.05. The Labute approximate surface area is 156 Å². The molecule has 0 aromatic carbocycles. The number of ether oxygens (including phenoxy) is 1. The molecule has 142 valence electrons. The topological polar surface area (TPSA) is 129 Å². The molecule has 0 fully saturated rings. The van der Waals surface area contributed by atoms with Gasteiger partial charge in [-0.25, -0.2) is 9.51 Å². The lowest BCUT2D eigenvalue weighted by atomic mass is 9.88. The quantitative estimate of drug-likeness (QED) is 0.547. The summed E-state index contributed by atoms with van der Waals surface area (Å²) in [4.78, 5) is 8.01. The number of aromatic nitrogens is 5. The second kappa shape index (κ2) is 7.14. The van der Waals surface area contributed by atoms with E-state index < -0.39 is 0 Å². The van der Waals surface area contributed by atoms with E-state index in [9.17, 15) is 0 Å². The van der Waals surface area contributed by atoms with Crippen molar-refractivity contribution < 1.29 is 9.26 Å². The summed E-state index contributed by atoms with van der Waals surface area (Å²) < 4.78 is 12.7. The van der Waals surface area contributed by atoms with Crippen molar-refractivity contribution in [3.63, 3.8) is 0 Å². The van der Waals surface area contributed by atoms with Gasteiger partial charge in [0.15, 0.2) is 11.5 Å². The van der Waals surface area contributed by atoms with Crippen LogP contribution >= 0.6 is 0 Å². The normalized spacial score (nSPS) is 13.0. The molecule has 3 rings (SSSR count). The van der Waals surface area contributed by atoms with Crippen LogP contribution in [-0.4, -0.2) is 50.8 Å². The summed E-state index contributed by atoms with van der Waals surface area (Å²) in [6.07, 6.45) is 2.84. The number of aliphatic imine (C=N–C) groups is 2. The van der Waals surface area contributed by atoms with Gasteiger partial charge < -0.3 is 15.0 Å². The summed E-state index contributed by atoms with van der Waals surface area (Å²) >= 11 is 0. The van der Waals surface area contributed by atoms with Gasteiger partial charge in [-0.15, -0.1) is 10.2 Å². The summed E-state index contributed by atoms with van der Waals surface area (Å²) in [6, 6.07) is 1.78. The second-order valence-corrected chi connectivity index (χ2v) is 6.92. The Hall–Kier alpha value is -3.30. The largest absolute Gasteiger partial charge is 0.468 e. The van der Waals surface area contributed by atoms with Crippen molar-refractivity contribution >= 4 is 17.7 Å². The van der Waals surface area contributed by atoms with Crippen LogP contribution in [0.5, 0.6) is 5.88 Å². The van der Waals surface area contributed by atoms with Crippen molar-refractivity contribution in [1.29, 1.82) is 0 Å². The van der Waals surface area contributed by atoms with E-state index in [2.05, 4.69) is 51.2 Å². The first-order valence-corrected chi connectivity index (χ1v) is 8.36. The first kappa shape index (κ1) is 18.5. The molecule has 3 aromatic rings. The number of hydrogen-bond donors (Lipinski definition) is 1. The Morgan fingerprint density at radius 2 is 2.19 bits per heavy atom. The SMILES string of the molecule is CN=C(COc1nn2c(-c3cc(C)on3)nncc2c1C(C)(C)C)N=CN. The molecular formula is C17H22N8O2. The van der Waals surface area contributed by atoms with Crippen LogP contribution in [0, 0.1) is 6.92 Å². The fourth-order valence-electron chi connectivity index (χ4n) is 2.69. The zero-order valence-corrected chi connectivity index (χ0v) is 16.0. The number of amidine groups is 1. The number of fused-ring (bicyclic) bond motifs is 1. The molecule has 3 aromatic heterocycles. The number of nitrogens with two attached hydrogens (primary N) is 1. The molecule has 0 saturated heterocycles. The van der Waals surface area contributed by atoms with Crippen molar-refractivity contribution in [2.24, 2.45) is 15.7 Å². The van der Waals surface area contributed by atoms with Crippen molar-refractivity contribution in [2.75, 3.05) is 13.7 Å². The van der Waals surface area contributed by atoms with Gasteiger partial charge in [-0.1, -0.05) is 25.9 Å². The van der Waals surface area contributed by atoms with E-state index in [4.69, 9.17) is 15.0 Å². The third kappa shape index (κ3) is 3.64. The van der Waals surface area contributed by atoms with Crippen LogP contribution in [0.2, 0.25) is 0 Å². The summed E-state index contributed by atoms with van der Waals surface area (Å²) in [5, 5.41) is 16.9. The molecule has 10 nitrogen and oxygen atoms in total. The number of rotatable bonds is 4. The van der Waals surface area contributed by atoms with Crippen molar-refractivity contribution in [3.05, 3.63) is 23.6 Å². The molecule has 0 spiro atoms. The second-order valence-electron chi connectivity index (χ2n) is 6.92. The third-order valence-corrected chi connectivity index (χ3v) is 3.85. The smallest absolute Gasteiger partial charge is 0.238 e. The minimum absolute atomic E-state index is 0.135. The number of aryl methyl sites for hydroxylation is 1. The first-order chi connectivity index (χ1) is 12.8. The molecular weight excluding hydrogens is 348 g/mol. The van der Waals surface area contributed by atoms with Gasteiger partial charge >= 0.3 is 0 Å². The maximum absolute atomic E-state index is 5.92. The Kier molecular flexibility index (Phi) is 4.89. The van der Waals surface area contributed by atoms with Crippen LogP contribution in [-0.2, 0) is 5.41 Å². The highest BCUT2D eigenvalue weighted by atomic mass is 16.5. The molecule has 0 unspecified atom stereocenters. The first-order valence-electron chi connectivity index (χ1n) is 8.36. The predicted octanol–water partition coefficient (Wildman–Crippen LogP) is 1.78. The predicted molar refractivity (Wildman–Crippen MR) is 101 cm³/mol. The van der Waals surface area contributed by atoms with E-state index in [1.54, 1.807) is 23.8 Å². The number of nitrogens with zero attached hydrogens (tertiary/aromatic N) is 7. The highest BCUT2D eigenvalue weighted by molar-refractivity contribution is 5.89. The van der Waals surface area contributed by atoms with E-state index in [1.807, 2.05) is 6.92 Å². The van der Waals surface area contributed by atoms with Gasteiger partial charge in [-0.05, 0) is 12.3 Å². The lowest BCUT2D eigenvalue weighted by Gasteiger charge is -2.18. The number of hydrogen-bond acceptors (Lipinski definition) is 7. The van der Waals surface area contributed by atoms with Crippen molar-refractivity contribution in [2.45, 2.75) is 33.1 Å². The molecule has 10 heteroatoms. The van der Waals surface area contributed by atoms with Gasteiger partial charge in [0.25, 0.3) is 0 Å². The molecule has 0 radical (unpaired) electrons. The Morgan fingerprint density at radius 1 is 1.41 bits per heavy atom. The highest BCUT2D eigenvalue weighted by Crippen LogP contribution is 2.35. The molecule has 2 N–H and O–H groups in total. The van der Waals surface area contributed by atoms with E-state index in [0.29, 0.717) is 29.0 Å². The van der Waals surface area contributed by atoms with Crippen LogP contribution in [0.3, 0.4) is 0 Å². The molecule has 0 aliphatic heterocycles. The van der Waals surface area contributed by atoms with Gasteiger partial charge in [0.1, 0.15) is 12.4 Å². The van der Waals surface area contributed by atoms with Crippen LogP contribution in [0.15, 0.2) is 26.8 Å². The Bertz CT molecular complexity index is 1010. The Balaban J connectivity index is 2.13. The third-order valence-electron chi connectivity index (χ3n) is 3.85. The summed E-state index contributed by atoms with van der Waals surface area (Å²) in [5.41, 5.74) is 7.31. The van der Waals surface area contributed by atoms with E-state index in [1.165, 1.54) is 6.34 Å². The summed E-state index contributed by atoms with van der Waals surface area (Å²) in [7, 11) is 1.62. The van der Waals surface area contributed by atoms with Gasteiger partial charge in [0, 0.05) is 18.7 Å². The highest BCUT2D eigenvalue weighted by Gasteiger charge is 2.28. The minimum Gasteiger partial charge on any atom is -0.468 e. The maximum Gasteiger partial charge on any atom is 0.238 e. The van der Waals surface area contributed by atoms with E-state index in [-0.39, 0.29) is 12.0 Å². The standard InChI is InChI=1S/C17H22N8O2/c1-10-6-11(24-27-10)15-22-21-7-12-14(17(2,3)4)16(23-25(12)15)26-8-13(19-5)20-9-18/h6-7,9H,8H2,1-5H3,(H2,18,19,20). The van der Waals surface area contributed by atoms with Crippen LogP contribution < -0.4 is 10.5 Å². The minimum atomic E-state index is -0.252. The van der Waals surface area contributed by atoms with E-state index >= 15 is 0 Å². The molecule has 0 amide bonds. The lowest BCUT2D eigenvalue weighted by Crippen LogP contribution is -2.16. The van der Waals surface area contributed by atoms with Crippen LogP contribution in [0.25, 0.3) is 17.0 Å². The molecule has 0 aliphatic carbocycles. The molecule has 27 heavy (non-hydrogen) atoms. The summed E-state index contributed by atoms with van der Waals surface area (Å²) in [6.45, 7) is 8.17. The lowest BCUT2D eigenvalue weighted by molar-refractivity contribution is 0.347.